The number of nitrogens with zero attached hydrogens (tertiary/aromatic N) is 3. The van der Waals surface area contributed by atoms with Gasteiger partial charge in [0.2, 0.25) is 5.89 Å². The maximum Gasteiger partial charge on any atom is 0.323 e. The molecule has 0 saturated heterocycles. The molecule has 1 aromatic rings. The van der Waals surface area contributed by atoms with Gasteiger partial charge in [0.25, 0.3) is 0 Å². The minimum Gasteiger partial charge on any atom is -0.480 e. The third kappa shape index (κ3) is 4.94. The summed E-state index contributed by atoms with van der Waals surface area (Å²) < 4.78 is 4.79. The van der Waals surface area contributed by atoms with E-state index in [9.17, 15) is 9.59 Å². The van der Waals surface area contributed by atoms with Gasteiger partial charge in [-0.1, -0.05) is 5.16 Å². The molecule has 0 aromatic carbocycles. The number of rotatable bonds is 5. The molecule has 8 heteroatoms. The fraction of sp³-hybridized carbons (Fsp3) is 0.636. The van der Waals surface area contributed by atoms with Gasteiger partial charge in [0.05, 0.1) is 0 Å². The fourth-order valence-electron chi connectivity index (χ4n) is 1.43. The van der Waals surface area contributed by atoms with Gasteiger partial charge >= 0.3 is 12.0 Å². The van der Waals surface area contributed by atoms with Gasteiger partial charge in [0, 0.05) is 18.5 Å². The third-order valence-electron chi connectivity index (χ3n) is 2.37. The molecule has 0 unspecified atom stereocenters. The van der Waals surface area contributed by atoms with Gasteiger partial charge in [0.15, 0.2) is 6.33 Å². The van der Waals surface area contributed by atoms with Crippen LogP contribution in [0, 0.1) is 0 Å². The molecular formula is C11H18N4O4. The van der Waals surface area contributed by atoms with Crippen LogP contribution >= 0.6 is 0 Å². The van der Waals surface area contributed by atoms with E-state index in [4.69, 9.17) is 9.63 Å². The first-order valence-corrected chi connectivity index (χ1v) is 5.83. The Hall–Kier alpha value is -2.12. The number of urea groups is 1. The summed E-state index contributed by atoms with van der Waals surface area (Å²) in [6.45, 7) is 5.26. The van der Waals surface area contributed by atoms with Gasteiger partial charge in [-0.15, -0.1) is 0 Å². The Morgan fingerprint density at radius 3 is 2.63 bits per heavy atom. The van der Waals surface area contributed by atoms with E-state index in [-0.39, 0.29) is 6.54 Å². The van der Waals surface area contributed by atoms with Gasteiger partial charge in [0.1, 0.15) is 6.54 Å². The van der Waals surface area contributed by atoms with E-state index in [2.05, 4.69) is 15.5 Å². The summed E-state index contributed by atoms with van der Waals surface area (Å²) in [6.07, 6.45) is 1.68. The molecule has 2 amide bonds. The SMILES string of the molecule is CC(C)(C)N(CC(=O)O)C(=O)NCCc1ncno1. The van der Waals surface area contributed by atoms with Gasteiger partial charge in [-0.25, -0.2) is 4.79 Å². The van der Waals surface area contributed by atoms with Crippen LogP contribution in [0.15, 0.2) is 10.9 Å². The van der Waals surface area contributed by atoms with E-state index in [0.717, 1.165) is 0 Å². The molecule has 1 heterocycles. The first-order valence-electron chi connectivity index (χ1n) is 5.83. The van der Waals surface area contributed by atoms with Crippen molar-refractivity contribution in [2.45, 2.75) is 32.7 Å². The molecule has 0 aliphatic carbocycles. The lowest BCUT2D eigenvalue weighted by Crippen LogP contribution is -2.52. The normalized spacial score (nSPS) is 11.1. The van der Waals surface area contributed by atoms with Gasteiger partial charge in [-0.3, -0.25) is 4.79 Å². The summed E-state index contributed by atoms with van der Waals surface area (Å²) >= 11 is 0. The summed E-state index contributed by atoms with van der Waals surface area (Å²) in [7, 11) is 0. The van der Waals surface area contributed by atoms with Crippen molar-refractivity contribution in [3.8, 4) is 0 Å². The minimum absolute atomic E-state index is 0.299. The van der Waals surface area contributed by atoms with Gasteiger partial charge in [-0.05, 0) is 20.8 Å². The van der Waals surface area contributed by atoms with Crippen molar-refractivity contribution < 1.29 is 19.2 Å². The molecular weight excluding hydrogens is 252 g/mol. The van der Waals surface area contributed by atoms with Gasteiger partial charge in [-0.2, -0.15) is 4.98 Å². The zero-order valence-electron chi connectivity index (χ0n) is 11.2. The summed E-state index contributed by atoms with van der Waals surface area (Å²) in [5, 5.41) is 14.9. The van der Waals surface area contributed by atoms with E-state index in [1.54, 1.807) is 20.8 Å². The number of carboxylic acid groups (broad SMARTS) is 1. The largest absolute Gasteiger partial charge is 0.480 e. The Morgan fingerprint density at radius 2 is 2.16 bits per heavy atom. The molecule has 0 aliphatic heterocycles. The maximum atomic E-state index is 11.9. The average molecular weight is 270 g/mol. The number of nitrogens with one attached hydrogen (secondary N) is 1. The monoisotopic (exact) mass is 270 g/mol. The smallest absolute Gasteiger partial charge is 0.323 e. The second-order valence-electron chi connectivity index (χ2n) is 4.97. The molecule has 0 spiro atoms. The Morgan fingerprint density at radius 1 is 1.47 bits per heavy atom. The summed E-state index contributed by atoms with van der Waals surface area (Å²) in [5.74, 6) is -0.636. The highest BCUT2D eigenvalue weighted by molar-refractivity contribution is 5.80. The molecule has 0 fully saturated rings. The molecule has 0 bridgehead atoms. The lowest BCUT2D eigenvalue weighted by Gasteiger charge is -2.34. The van der Waals surface area contributed by atoms with Crippen molar-refractivity contribution in [3.63, 3.8) is 0 Å². The van der Waals surface area contributed by atoms with E-state index < -0.39 is 17.5 Å². The van der Waals surface area contributed by atoms with Crippen molar-refractivity contribution in [3.05, 3.63) is 12.2 Å². The molecule has 1 rings (SSSR count). The van der Waals surface area contributed by atoms with Crippen molar-refractivity contribution in [2.75, 3.05) is 13.1 Å². The first kappa shape index (κ1) is 14.9. The Kier molecular flexibility index (Phi) is 4.85. The standard InChI is InChI=1S/C11H18N4O4/c1-11(2,3)15(6-9(16)17)10(18)12-5-4-8-13-7-14-19-8/h7H,4-6H2,1-3H3,(H,12,18)(H,16,17). The summed E-state index contributed by atoms with van der Waals surface area (Å²) in [5.41, 5.74) is -0.576. The molecule has 2 N–H and O–H groups in total. The van der Waals surface area contributed by atoms with Crippen LogP contribution in [0.3, 0.4) is 0 Å². The molecule has 0 radical (unpaired) electrons. The molecule has 19 heavy (non-hydrogen) atoms. The molecule has 0 atom stereocenters. The molecule has 106 valence electrons. The molecule has 0 aliphatic rings. The van der Waals surface area contributed by atoms with Crippen LogP contribution in [0.1, 0.15) is 26.7 Å². The minimum atomic E-state index is -1.05. The molecule has 8 nitrogen and oxygen atoms in total. The zero-order valence-corrected chi connectivity index (χ0v) is 11.2. The topological polar surface area (TPSA) is 109 Å². The van der Waals surface area contributed by atoms with E-state index >= 15 is 0 Å². The quantitative estimate of drug-likeness (QED) is 0.806. The number of carbonyl (C=O) groups excluding carboxylic acids is 1. The number of carboxylic acids is 1. The highest BCUT2D eigenvalue weighted by atomic mass is 16.5. The zero-order chi connectivity index (χ0) is 14.5. The van der Waals surface area contributed by atoms with Crippen LogP contribution in [-0.4, -0.2) is 50.8 Å². The second-order valence-corrected chi connectivity index (χ2v) is 4.97. The Balaban J connectivity index is 2.50. The summed E-state index contributed by atoms with van der Waals surface area (Å²) in [6, 6.07) is -0.436. The van der Waals surface area contributed by atoms with Crippen LogP contribution in [-0.2, 0) is 11.2 Å². The summed E-state index contributed by atoms with van der Waals surface area (Å²) in [4.78, 5) is 27.8. The molecule has 0 saturated carbocycles. The fourth-order valence-corrected chi connectivity index (χ4v) is 1.43. The third-order valence-corrected chi connectivity index (χ3v) is 2.37. The Labute approximate surface area is 110 Å². The number of aromatic nitrogens is 2. The highest BCUT2D eigenvalue weighted by Gasteiger charge is 2.28. The van der Waals surface area contributed by atoms with Crippen molar-refractivity contribution >= 4 is 12.0 Å². The molecule has 1 aromatic heterocycles. The number of carbonyl (C=O) groups is 2. The van der Waals surface area contributed by atoms with Gasteiger partial charge < -0.3 is 19.8 Å². The van der Waals surface area contributed by atoms with Crippen molar-refractivity contribution in [1.82, 2.24) is 20.4 Å². The van der Waals surface area contributed by atoms with Crippen LogP contribution < -0.4 is 5.32 Å². The lowest BCUT2D eigenvalue weighted by atomic mass is 10.1. The van der Waals surface area contributed by atoms with Crippen molar-refractivity contribution in [2.24, 2.45) is 0 Å². The van der Waals surface area contributed by atoms with Crippen LogP contribution in [0.5, 0.6) is 0 Å². The highest BCUT2D eigenvalue weighted by Crippen LogP contribution is 2.12. The van der Waals surface area contributed by atoms with Crippen molar-refractivity contribution in [1.29, 1.82) is 0 Å². The lowest BCUT2D eigenvalue weighted by molar-refractivity contribution is -0.138. The van der Waals surface area contributed by atoms with E-state index in [1.807, 2.05) is 0 Å². The Bertz CT molecular complexity index is 424. The number of amides is 2. The predicted molar refractivity (Wildman–Crippen MR) is 65.5 cm³/mol. The second kappa shape index (κ2) is 6.17. The number of hydrogen-bond donors (Lipinski definition) is 2. The van der Waals surface area contributed by atoms with Crippen LogP contribution in [0.25, 0.3) is 0 Å². The average Bonchev–Trinajstić information content (AvgIpc) is 2.77. The van der Waals surface area contributed by atoms with E-state index in [0.29, 0.717) is 18.9 Å². The van der Waals surface area contributed by atoms with Crippen LogP contribution in [0.2, 0.25) is 0 Å². The predicted octanol–water partition coefficient (Wildman–Crippen LogP) is 0.507. The number of hydrogen-bond acceptors (Lipinski definition) is 5. The number of aliphatic carboxylic acids is 1. The van der Waals surface area contributed by atoms with E-state index in [1.165, 1.54) is 11.2 Å². The maximum absolute atomic E-state index is 11.9. The first-order chi connectivity index (χ1) is 8.80. The van der Waals surface area contributed by atoms with Crippen LogP contribution in [0.4, 0.5) is 4.79 Å².